The molecule has 3 aromatic heterocycles. The predicted octanol–water partition coefficient (Wildman–Crippen LogP) is 4.72. The zero-order valence-corrected chi connectivity index (χ0v) is 17.5. The number of fused-ring (bicyclic) bond motifs is 1. The monoisotopic (exact) mass is 426 g/mol. The Morgan fingerprint density at radius 2 is 2.07 bits per heavy atom. The van der Waals surface area contributed by atoms with Crippen LogP contribution in [-0.2, 0) is 17.5 Å². The van der Waals surface area contributed by atoms with Crippen molar-refractivity contribution < 1.29 is 13.9 Å². The summed E-state index contributed by atoms with van der Waals surface area (Å²) in [6.45, 7) is 2.05. The number of esters is 1. The molecule has 4 aromatic rings. The van der Waals surface area contributed by atoms with Gasteiger partial charge in [0, 0.05) is 18.0 Å². The van der Waals surface area contributed by atoms with E-state index in [0.717, 1.165) is 11.1 Å². The van der Waals surface area contributed by atoms with Crippen LogP contribution in [0.15, 0.2) is 62.4 Å². The van der Waals surface area contributed by atoms with Gasteiger partial charge in [-0.05, 0) is 18.6 Å². The first kappa shape index (κ1) is 19.5. The molecule has 0 aliphatic carbocycles. The summed E-state index contributed by atoms with van der Waals surface area (Å²) in [4.78, 5) is 30.4. The largest absolute Gasteiger partial charge is 0.468 e. The third-order valence-corrected chi connectivity index (χ3v) is 6.33. The van der Waals surface area contributed by atoms with Gasteiger partial charge in [0.1, 0.15) is 16.2 Å². The summed E-state index contributed by atoms with van der Waals surface area (Å²) >= 11 is 2.79. The molecule has 8 heteroatoms. The number of carbonyl (C=O) groups excluding carboxylic acids is 1. The molecule has 0 radical (unpaired) electrons. The number of nitrogens with zero attached hydrogens (tertiary/aromatic N) is 2. The van der Waals surface area contributed by atoms with Crippen molar-refractivity contribution in [2.45, 2.75) is 17.8 Å². The minimum Gasteiger partial charge on any atom is -0.468 e. The van der Waals surface area contributed by atoms with E-state index in [1.54, 1.807) is 24.6 Å². The van der Waals surface area contributed by atoms with Gasteiger partial charge in [0.25, 0.3) is 5.56 Å². The molecule has 1 aromatic carbocycles. The Morgan fingerprint density at radius 1 is 1.28 bits per heavy atom. The average Bonchev–Trinajstić information content (AvgIpc) is 3.37. The standard InChI is InChI=1S/C21H18N2O4S2/c1-3-26-20(25)14-9-10-27-16(14)12-29-21-22-18-17(19(24)23(21)2)15(11-28-18)13-7-5-4-6-8-13/h4-11H,3,12H2,1-2H3. The molecule has 4 rings (SSSR count). The molecule has 0 bridgehead atoms. The molecule has 0 atom stereocenters. The van der Waals surface area contributed by atoms with Crippen molar-refractivity contribution in [2.24, 2.45) is 7.05 Å². The molecular formula is C21H18N2O4S2. The number of benzene rings is 1. The van der Waals surface area contributed by atoms with Crippen LogP contribution in [0.1, 0.15) is 23.0 Å². The summed E-state index contributed by atoms with van der Waals surface area (Å²) in [5, 5.41) is 3.15. The molecule has 0 amide bonds. The first-order valence-corrected chi connectivity index (χ1v) is 10.9. The van der Waals surface area contributed by atoms with Crippen LogP contribution in [-0.4, -0.2) is 22.1 Å². The van der Waals surface area contributed by atoms with Crippen molar-refractivity contribution in [3.8, 4) is 11.1 Å². The van der Waals surface area contributed by atoms with Crippen molar-refractivity contribution in [3.63, 3.8) is 0 Å². The predicted molar refractivity (Wildman–Crippen MR) is 115 cm³/mol. The van der Waals surface area contributed by atoms with Crippen LogP contribution in [0.25, 0.3) is 21.3 Å². The number of carbonyl (C=O) groups is 1. The van der Waals surface area contributed by atoms with E-state index in [-0.39, 0.29) is 5.56 Å². The number of ether oxygens (including phenoxy) is 1. The summed E-state index contributed by atoms with van der Waals surface area (Å²) in [7, 11) is 1.71. The maximum Gasteiger partial charge on any atom is 0.341 e. The van der Waals surface area contributed by atoms with Gasteiger partial charge in [-0.2, -0.15) is 0 Å². The Morgan fingerprint density at radius 3 is 2.83 bits per heavy atom. The molecule has 0 saturated carbocycles. The van der Waals surface area contributed by atoms with Gasteiger partial charge in [-0.25, -0.2) is 9.78 Å². The van der Waals surface area contributed by atoms with Crippen LogP contribution in [0.4, 0.5) is 0 Å². The van der Waals surface area contributed by atoms with Gasteiger partial charge >= 0.3 is 5.97 Å². The van der Waals surface area contributed by atoms with Crippen LogP contribution < -0.4 is 5.56 Å². The minimum atomic E-state index is -0.417. The first-order chi connectivity index (χ1) is 14.1. The van der Waals surface area contributed by atoms with E-state index in [1.807, 2.05) is 35.7 Å². The summed E-state index contributed by atoms with van der Waals surface area (Å²) in [5.41, 5.74) is 2.19. The van der Waals surface area contributed by atoms with Gasteiger partial charge < -0.3 is 9.15 Å². The second kappa shape index (κ2) is 8.26. The number of thioether (sulfide) groups is 1. The second-order valence-corrected chi connectivity index (χ2v) is 8.02. The maximum absolute atomic E-state index is 13.0. The Hall–Kier alpha value is -2.84. The zero-order chi connectivity index (χ0) is 20.4. The highest BCUT2D eigenvalue weighted by Gasteiger charge is 2.19. The Bertz CT molecular complexity index is 1220. The Labute approximate surface area is 175 Å². The molecule has 0 aliphatic rings. The van der Waals surface area contributed by atoms with Gasteiger partial charge in [-0.15, -0.1) is 11.3 Å². The summed E-state index contributed by atoms with van der Waals surface area (Å²) in [6.07, 6.45) is 1.46. The molecule has 29 heavy (non-hydrogen) atoms. The molecule has 0 unspecified atom stereocenters. The van der Waals surface area contributed by atoms with E-state index >= 15 is 0 Å². The summed E-state index contributed by atoms with van der Waals surface area (Å²) in [5.74, 6) is 0.447. The van der Waals surface area contributed by atoms with Crippen molar-refractivity contribution in [1.82, 2.24) is 9.55 Å². The zero-order valence-electron chi connectivity index (χ0n) is 15.9. The molecular weight excluding hydrogens is 408 g/mol. The van der Waals surface area contributed by atoms with Crippen LogP contribution in [0.2, 0.25) is 0 Å². The van der Waals surface area contributed by atoms with E-state index in [1.165, 1.54) is 29.4 Å². The molecule has 0 fully saturated rings. The molecule has 0 saturated heterocycles. The van der Waals surface area contributed by atoms with E-state index in [9.17, 15) is 9.59 Å². The van der Waals surface area contributed by atoms with Gasteiger partial charge in [-0.1, -0.05) is 42.1 Å². The highest BCUT2D eigenvalue weighted by molar-refractivity contribution is 7.98. The second-order valence-electron chi connectivity index (χ2n) is 6.22. The fourth-order valence-corrected chi connectivity index (χ4v) is 4.90. The third kappa shape index (κ3) is 3.73. The molecule has 6 nitrogen and oxygen atoms in total. The topological polar surface area (TPSA) is 74.3 Å². The molecule has 0 N–H and O–H groups in total. The minimum absolute atomic E-state index is 0.0948. The van der Waals surface area contributed by atoms with Gasteiger partial charge in [0.15, 0.2) is 5.16 Å². The lowest BCUT2D eigenvalue weighted by molar-refractivity contribution is 0.0524. The number of furan rings is 1. The average molecular weight is 427 g/mol. The van der Waals surface area contributed by atoms with E-state index in [2.05, 4.69) is 4.98 Å². The Kier molecular flexibility index (Phi) is 5.55. The molecule has 0 spiro atoms. The van der Waals surface area contributed by atoms with Crippen molar-refractivity contribution in [2.75, 3.05) is 6.61 Å². The lowest BCUT2D eigenvalue weighted by atomic mass is 10.1. The van der Waals surface area contributed by atoms with Crippen LogP contribution in [0.3, 0.4) is 0 Å². The SMILES string of the molecule is CCOC(=O)c1ccoc1CSc1nc2scc(-c3ccccc3)c2c(=O)n1C. The highest BCUT2D eigenvalue weighted by atomic mass is 32.2. The fourth-order valence-electron chi connectivity index (χ4n) is 2.99. The van der Waals surface area contributed by atoms with Crippen molar-refractivity contribution in [1.29, 1.82) is 0 Å². The molecule has 3 heterocycles. The first-order valence-electron chi connectivity index (χ1n) is 9.00. The van der Waals surface area contributed by atoms with Crippen molar-refractivity contribution in [3.05, 3.63) is 69.7 Å². The van der Waals surface area contributed by atoms with Crippen LogP contribution in [0, 0.1) is 0 Å². The maximum atomic E-state index is 13.0. The number of rotatable bonds is 6. The van der Waals surface area contributed by atoms with Crippen LogP contribution >= 0.6 is 23.1 Å². The van der Waals surface area contributed by atoms with E-state index in [4.69, 9.17) is 9.15 Å². The van der Waals surface area contributed by atoms with Gasteiger partial charge in [0.05, 0.1) is 24.0 Å². The van der Waals surface area contributed by atoms with Crippen LogP contribution in [0.5, 0.6) is 0 Å². The molecule has 148 valence electrons. The fraction of sp³-hybridized carbons (Fsp3) is 0.190. The summed E-state index contributed by atoms with van der Waals surface area (Å²) in [6, 6.07) is 11.4. The highest BCUT2D eigenvalue weighted by Crippen LogP contribution is 2.32. The lowest BCUT2D eigenvalue weighted by Crippen LogP contribution is -2.19. The number of thiophene rings is 1. The summed E-state index contributed by atoms with van der Waals surface area (Å²) < 4.78 is 12.0. The van der Waals surface area contributed by atoms with Gasteiger partial charge in [-0.3, -0.25) is 9.36 Å². The smallest absolute Gasteiger partial charge is 0.341 e. The number of hydrogen-bond donors (Lipinski definition) is 0. The van der Waals surface area contributed by atoms with Gasteiger partial charge in [0.2, 0.25) is 0 Å². The number of hydrogen-bond acceptors (Lipinski definition) is 7. The lowest BCUT2D eigenvalue weighted by Gasteiger charge is -2.08. The number of aromatic nitrogens is 2. The molecule has 0 aliphatic heterocycles. The van der Waals surface area contributed by atoms with E-state index in [0.29, 0.717) is 39.1 Å². The third-order valence-electron chi connectivity index (χ3n) is 4.43. The van der Waals surface area contributed by atoms with Crippen molar-refractivity contribution >= 4 is 39.3 Å². The van der Waals surface area contributed by atoms with E-state index < -0.39 is 5.97 Å². The normalized spacial score (nSPS) is 11.1. The Balaban J connectivity index is 1.65. The quantitative estimate of drug-likeness (QED) is 0.252.